The maximum absolute atomic E-state index is 13.4. The predicted molar refractivity (Wildman–Crippen MR) is 80.5 cm³/mol. The number of hydrogen-bond donors (Lipinski definition) is 1. The van der Waals surface area contributed by atoms with Crippen LogP contribution in [0.5, 0.6) is 0 Å². The molecule has 0 radical (unpaired) electrons. The first-order chi connectivity index (χ1) is 9.43. The maximum atomic E-state index is 13.4. The Bertz CT molecular complexity index is 456. The van der Waals surface area contributed by atoms with Crippen LogP contribution in [0.25, 0.3) is 0 Å². The molecule has 1 aromatic carbocycles. The van der Waals surface area contributed by atoms with Gasteiger partial charge in [0, 0.05) is 16.1 Å². The summed E-state index contributed by atoms with van der Waals surface area (Å²) in [6.45, 7) is 5.95. The molecule has 0 aromatic heterocycles. The highest BCUT2D eigenvalue weighted by atomic mass is 35.5. The summed E-state index contributed by atoms with van der Waals surface area (Å²) in [6.07, 6.45) is 3.97. The van der Waals surface area contributed by atoms with Crippen molar-refractivity contribution in [2.45, 2.75) is 51.2 Å². The van der Waals surface area contributed by atoms with Crippen molar-refractivity contribution in [3.63, 3.8) is 0 Å². The van der Waals surface area contributed by atoms with E-state index in [0.29, 0.717) is 10.6 Å². The van der Waals surface area contributed by atoms with Crippen LogP contribution in [0, 0.1) is 5.82 Å². The first-order valence-electron chi connectivity index (χ1n) is 7.31. The van der Waals surface area contributed by atoms with Gasteiger partial charge in [0.25, 0.3) is 0 Å². The smallest absolute Gasteiger partial charge is 0.123 e. The third-order valence-corrected chi connectivity index (χ3v) is 4.69. The molecule has 1 aromatic rings. The molecule has 1 atom stereocenters. The minimum atomic E-state index is -0.802. The molecule has 2 nitrogen and oxygen atoms in total. The number of aliphatic hydroxyl groups is 1. The summed E-state index contributed by atoms with van der Waals surface area (Å²) in [5.41, 5.74) is 0.0165. The zero-order valence-electron chi connectivity index (χ0n) is 12.2. The molecule has 1 aliphatic heterocycles. The Labute approximate surface area is 125 Å². The molecule has 0 saturated carbocycles. The number of likely N-dealkylation sites (tertiary alicyclic amines) is 1. The Morgan fingerprint density at radius 2 is 1.80 bits per heavy atom. The van der Waals surface area contributed by atoms with Gasteiger partial charge in [-0.1, -0.05) is 24.4 Å². The van der Waals surface area contributed by atoms with Crippen molar-refractivity contribution < 1.29 is 9.50 Å². The van der Waals surface area contributed by atoms with Crippen LogP contribution in [0.3, 0.4) is 0 Å². The SMILES string of the molecule is CC(C)(C(O)c1cc(F)ccc1Cl)N1CCCCCC1. The zero-order valence-corrected chi connectivity index (χ0v) is 13.0. The Hall–Kier alpha value is -0.640. The van der Waals surface area contributed by atoms with Crippen LogP contribution < -0.4 is 0 Å². The third-order valence-electron chi connectivity index (χ3n) is 4.34. The molecular formula is C16H23ClFNO. The summed E-state index contributed by atoms with van der Waals surface area (Å²) in [5, 5.41) is 11.1. The number of benzene rings is 1. The van der Waals surface area contributed by atoms with Gasteiger partial charge in [-0.2, -0.15) is 0 Å². The molecule has 0 aliphatic carbocycles. The van der Waals surface area contributed by atoms with E-state index in [1.54, 1.807) is 0 Å². The molecule has 1 saturated heterocycles. The average molecular weight is 300 g/mol. The van der Waals surface area contributed by atoms with Crippen LogP contribution in [-0.2, 0) is 0 Å². The van der Waals surface area contributed by atoms with Gasteiger partial charge in [0.05, 0.1) is 6.10 Å². The average Bonchev–Trinajstić information content (AvgIpc) is 2.70. The maximum Gasteiger partial charge on any atom is 0.123 e. The molecule has 0 amide bonds. The van der Waals surface area contributed by atoms with E-state index in [1.807, 2.05) is 13.8 Å². The van der Waals surface area contributed by atoms with E-state index in [1.165, 1.54) is 31.0 Å². The van der Waals surface area contributed by atoms with Crippen molar-refractivity contribution >= 4 is 11.6 Å². The van der Waals surface area contributed by atoms with Crippen LogP contribution >= 0.6 is 11.6 Å². The molecule has 4 heteroatoms. The highest BCUT2D eigenvalue weighted by Crippen LogP contribution is 2.36. The molecule has 1 aliphatic rings. The molecule has 0 spiro atoms. The summed E-state index contributed by atoms with van der Waals surface area (Å²) in [4.78, 5) is 2.30. The molecule has 2 rings (SSSR count). The number of rotatable bonds is 3. The summed E-state index contributed by atoms with van der Waals surface area (Å²) in [6, 6.07) is 4.16. The van der Waals surface area contributed by atoms with Gasteiger partial charge in [0.1, 0.15) is 5.82 Å². The molecule has 20 heavy (non-hydrogen) atoms. The van der Waals surface area contributed by atoms with E-state index in [-0.39, 0.29) is 5.82 Å². The molecule has 1 N–H and O–H groups in total. The van der Waals surface area contributed by atoms with Gasteiger partial charge in [-0.25, -0.2) is 4.39 Å². The first-order valence-corrected chi connectivity index (χ1v) is 7.69. The summed E-state index contributed by atoms with van der Waals surface area (Å²) in [7, 11) is 0. The van der Waals surface area contributed by atoms with Crippen LogP contribution in [0.15, 0.2) is 18.2 Å². The highest BCUT2D eigenvalue weighted by molar-refractivity contribution is 6.31. The fraction of sp³-hybridized carbons (Fsp3) is 0.625. The van der Waals surface area contributed by atoms with E-state index < -0.39 is 11.6 Å². The van der Waals surface area contributed by atoms with E-state index >= 15 is 0 Å². The van der Waals surface area contributed by atoms with Crippen LogP contribution in [-0.4, -0.2) is 28.6 Å². The first kappa shape index (κ1) is 15.7. The predicted octanol–water partition coefficient (Wildman–Crippen LogP) is 4.17. The lowest BCUT2D eigenvalue weighted by Crippen LogP contribution is -2.49. The van der Waals surface area contributed by atoms with Gasteiger partial charge < -0.3 is 5.11 Å². The molecular weight excluding hydrogens is 277 g/mol. The van der Waals surface area contributed by atoms with Gasteiger partial charge in [0.15, 0.2) is 0 Å². The zero-order chi connectivity index (χ0) is 14.8. The monoisotopic (exact) mass is 299 g/mol. The van der Waals surface area contributed by atoms with Gasteiger partial charge in [-0.15, -0.1) is 0 Å². The van der Waals surface area contributed by atoms with Crippen molar-refractivity contribution in [2.75, 3.05) is 13.1 Å². The molecule has 1 heterocycles. The lowest BCUT2D eigenvalue weighted by Gasteiger charge is -2.42. The Morgan fingerprint density at radius 3 is 2.40 bits per heavy atom. The summed E-state index contributed by atoms with van der Waals surface area (Å²) < 4.78 is 13.4. The Kier molecular flexibility index (Phi) is 5.05. The second kappa shape index (κ2) is 6.42. The van der Waals surface area contributed by atoms with Gasteiger partial charge in [0.2, 0.25) is 0 Å². The van der Waals surface area contributed by atoms with Crippen molar-refractivity contribution in [2.24, 2.45) is 0 Å². The standard InChI is InChI=1S/C16H23ClFNO/c1-16(2,19-9-5-3-4-6-10-19)15(20)13-11-12(18)7-8-14(13)17/h7-8,11,15,20H,3-6,9-10H2,1-2H3. The quantitative estimate of drug-likeness (QED) is 0.905. The minimum absolute atomic E-state index is 0.366. The van der Waals surface area contributed by atoms with E-state index in [9.17, 15) is 9.50 Å². The van der Waals surface area contributed by atoms with Crippen molar-refractivity contribution in [1.29, 1.82) is 0 Å². The van der Waals surface area contributed by atoms with Gasteiger partial charge in [-0.05, 0) is 58.0 Å². The summed E-state index contributed by atoms with van der Waals surface area (Å²) in [5.74, 6) is -0.366. The number of halogens is 2. The lowest BCUT2D eigenvalue weighted by molar-refractivity contribution is -0.0101. The number of nitrogens with zero attached hydrogens (tertiary/aromatic N) is 1. The van der Waals surface area contributed by atoms with Crippen molar-refractivity contribution in [1.82, 2.24) is 4.90 Å². The normalized spacial score (nSPS) is 19.6. The largest absolute Gasteiger partial charge is 0.386 e. The Balaban J connectivity index is 2.24. The minimum Gasteiger partial charge on any atom is -0.386 e. The fourth-order valence-corrected chi connectivity index (χ4v) is 3.15. The second-order valence-electron chi connectivity index (χ2n) is 6.12. The highest BCUT2D eigenvalue weighted by Gasteiger charge is 2.36. The van der Waals surface area contributed by atoms with Crippen molar-refractivity contribution in [3.05, 3.63) is 34.6 Å². The fourth-order valence-electron chi connectivity index (χ4n) is 2.92. The lowest BCUT2D eigenvalue weighted by atomic mass is 9.89. The molecule has 0 bridgehead atoms. The van der Waals surface area contributed by atoms with Crippen LogP contribution in [0.2, 0.25) is 5.02 Å². The molecule has 112 valence electrons. The summed E-state index contributed by atoms with van der Waals surface area (Å²) >= 11 is 6.12. The van der Waals surface area contributed by atoms with E-state index in [0.717, 1.165) is 25.9 Å². The number of hydrogen-bond acceptors (Lipinski definition) is 2. The van der Waals surface area contributed by atoms with Gasteiger partial charge in [-0.3, -0.25) is 4.90 Å². The number of aliphatic hydroxyl groups excluding tert-OH is 1. The molecule has 1 fully saturated rings. The van der Waals surface area contributed by atoms with Crippen LogP contribution in [0.1, 0.15) is 51.2 Å². The van der Waals surface area contributed by atoms with E-state index in [2.05, 4.69) is 4.90 Å². The van der Waals surface area contributed by atoms with Gasteiger partial charge >= 0.3 is 0 Å². The Morgan fingerprint density at radius 1 is 1.20 bits per heavy atom. The topological polar surface area (TPSA) is 23.5 Å². The van der Waals surface area contributed by atoms with Crippen molar-refractivity contribution in [3.8, 4) is 0 Å². The molecule has 1 unspecified atom stereocenters. The van der Waals surface area contributed by atoms with E-state index in [4.69, 9.17) is 11.6 Å². The third kappa shape index (κ3) is 3.33. The second-order valence-corrected chi connectivity index (χ2v) is 6.53. The van der Waals surface area contributed by atoms with Crippen LogP contribution in [0.4, 0.5) is 4.39 Å².